The largest absolute Gasteiger partial charge is 0.573 e. The third kappa shape index (κ3) is 5.79. The number of hydrogen-bond donors (Lipinski definition) is 0. The zero-order chi connectivity index (χ0) is 18.7. The normalized spacial score (nSPS) is 11.8. The van der Waals surface area contributed by atoms with Gasteiger partial charge in [-0.15, -0.1) is 13.2 Å². The molecule has 0 N–H and O–H groups in total. The Balaban J connectivity index is 2.01. The summed E-state index contributed by atoms with van der Waals surface area (Å²) >= 11 is 0. The molecule has 0 aliphatic carbocycles. The number of rotatable bonds is 5. The van der Waals surface area contributed by atoms with Crippen molar-refractivity contribution < 1.29 is 35.9 Å². The molecule has 0 unspecified atom stereocenters. The van der Waals surface area contributed by atoms with Crippen molar-refractivity contribution in [2.24, 2.45) is 0 Å². The highest BCUT2D eigenvalue weighted by molar-refractivity contribution is 7.90. The Morgan fingerprint density at radius 2 is 1.72 bits per heavy atom. The Kier molecular flexibility index (Phi) is 5.36. The molecule has 0 aliphatic heterocycles. The van der Waals surface area contributed by atoms with Crippen LogP contribution < -0.4 is 4.74 Å². The van der Waals surface area contributed by atoms with E-state index in [9.17, 15) is 26.4 Å². The Hall–Kier alpha value is -2.55. The predicted octanol–water partition coefficient (Wildman–Crippen LogP) is 3.35. The molecule has 0 spiro atoms. The molecule has 0 heterocycles. The number of sulfone groups is 1. The van der Waals surface area contributed by atoms with E-state index in [0.29, 0.717) is 5.56 Å². The molecule has 0 saturated carbocycles. The number of benzene rings is 2. The molecule has 0 atom stereocenters. The van der Waals surface area contributed by atoms with Crippen molar-refractivity contribution in [2.45, 2.75) is 17.9 Å². The lowest BCUT2D eigenvalue weighted by molar-refractivity contribution is -0.274. The quantitative estimate of drug-likeness (QED) is 0.751. The SMILES string of the molecule is CS(=O)(=O)c1cccc(C(=O)OCc2ccc(OC(F)(F)F)cc2)c1. The molecule has 2 aromatic rings. The molecule has 0 radical (unpaired) electrons. The van der Waals surface area contributed by atoms with Crippen molar-refractivity contribution in [2.75, 3.05) is 6.26 Å². The minimum atomic E-state index is -4.78. The number of alkyl halides is 3. The van der Waals surface area contributed by atoms with Crippen molar-refractivity contribution in [1.29, 1.82) is 0 Å². The third-order valence-corrected chi connectivity index (χ3v) is 4.13. The first-order valence-electron chi connectivity index (χ1n) is 6.86. The zero-order valence-corrected chi connectivity index (χ0v) is 13.7. The molecule has 2 aromatic carbocycles. The van der Waals surface area contributed by atoms with Gasteiger partial charge in [0, 0.05) is 6.26 Å². The van der Waals surface area contributed by atoms with Crippen LogP contribution in [0.3, 0.4) is 0 Å². The second-order valence-electron chi connectivity index (χ2n) is 5.07. The van der Waals surface area contributed by atoms with Crippen molar-refractivity contribution in [1.82, 2.24) is 0 Å². The Bertz CT molecular complexity index is 858. The Morgan fingerprint density at radius 3 is 2.28 bits per heavy atom. The molecule has 5 nitrogen and oxygen atoms in total. The van der Waals surface area contributed by atoms with E-state index < -0.39 is 22.2 Å². The van der Waals surface area contributed by atoms with Gasteiger partial charge in [-0.25, -0.2) is 13.2 Å². The van der Waals surface area contributed by atoms with E-state index in [1.807, 2.05) is 0 Å². The number of carbonyl (C=O) groups excluding carboxylic acids is 1. The van der Waals surface area contributed by atoms with Crippen LogP contribution in [0.4, 0.5) is 13.2 Å². The molecule has 0 amide bonds. The van der Waals surface area contributed by atoms with Crippen LogP contribution in [0.15, 0.2) is 53.4 Å². The van der Waals surface area contributed by atoms with Gasteiger partial charge in [-0.1, -0.05) is 18.2 Å². The van der Waals surface area contributed by atoms with Gasteiger partial charge < -0.3 is 9.47 Å². The molecule has 25 heavy (non-hydrogen) atoms. The highest BCUT2D eigenvalue weighted by Crippen LogP contribution is 2.23. The minimum Gasteiger partial charge on any atom is -0.457 e. The van der Waals surface area contributed by atoms with E-state index in [1.165, 1.54) is 36.4 Å². The van der Waals surface area contributed by atoms with Gasteiger partial charge >= 0.3 is 12.3 Å². The van der Waals surface area contributed by atoms with Gasteiger partial charge in [0.05, 0.1) is 10.5 Å². The highest BCUT2D eigenvalue weighted by atomic mass is 32.2. The molecular formula is C16H13F3O5S. The second-order valence-corrected chi connectivity index (χ2v) is 7.08. The molecule has 9 heteroatoms. The smallest absolute Gasteiger partial charge is 0.457 e. The number of esters is 1. The van der Waals surface area contributed by atoms with E-state index in [2.05, 4.69) is 4.74 Å². The average Bonchev–Trinajstić information content (AvgIpc) is 2.52. The summed E-state index contributed by atoms with van der Waals surface area (Å²) in [5.41, 5.74) is 0.502. The van der Waals surface area contributed by atoms with Crippen LogP contribution in [-0.4, -0.2) is 27.0 Å². The van der Waals surface area contributed by atoms with Gasteiger partial charge in [-0.3, -0.25) is 0 Å². The first-order valence-corrected chi connectivity index (χ1v) is 8.76. The van der Waals surface area contributed by atoms with Crippen molar-refractivity contribution in [3.8, 4) is 5.75 Å². The zero-order valence-electron chi connectivity index (χ0n) is 12.9. The van der Waals surface area contributed by atoms with Gasteiger partial charge in [-0.2, -0.15) is 0 Å². The van der Waals surface area contributed by atoms with Crippen LogP contribution in [0.1, 0.15) is 15.9 Å². The van der Waals surface area contributed by atoms with Crippen LogP contribution in [0.25, 0.3) is 0 Å². The molecular weight excluding hydrogens is 361 g/mol. The summed E-state index contributed by atoms with van der Waals surface area (Å²) in [5.74, 6) is -1.13. The average molecular weight is 374 g/mol. The molecule has 0 saturated heterocycles. The first kappa shape index (κ1) is 18.8. The third-order valence-electron chi connectivity index (χ3n) is 3.02. The number of hydrogen-bond acceptors (Lipinski definition) is 5. The molecule has 0 aromatic heterocycles. The van der Waals surface area contributed by atoms with Crippen LogP contribution in [-0.2, 0) is 21.2 Å². The lowest BCUT2D eigenvalue weighted by Gasteiger charge is -2.10. The fourth-order valence-electron chi connectivity index (χ4n) is 1.87. The van der Waals surface area contributed by atoms with Crippen molar-refractivity contribution in [3.05, 3.63) is 59.7 Å². The van der Waals surface area contributed by atoms with E-state index in [-0.39, 0.29) is 22.8 Å². The minimum absolute atomic E-state index is 0.0180. The van der Waals surface area contributed by atoms with Gasteiger partial charge in [0.1, 0.15) is 12.4 Å². The summed E-state index contributed by atoms with van der Waals surface area (Å²) in [6, 6.07) is 10.2. The summed E-state index contributed by atoms with van der Waals surface area (Å²) in [5, 5.41) is 0. The van der Waals surface area contributed by atoms with Gasteiger partial charge in [0.2, 0.25) is 0 Å². The van der Waals surface area contributed by atoms with Gasteiger partial charge in [-0.05, 0) is 35.9 Å². The molecule has 0 aliphatic rings. The molecule has 0 fully saturated rings. The lowest BCUT2D eigenvalue weighted by Crippen LogP contribution is -2.17. The Morgan fingerprint density at radius 1 is 1.08 bits per heavy atom. The first-order chi connectivity index (χ1) is 11.5. The fourth-order valence-corrected chi connectivity index (χ4v) is 2.54. The maximum Gasteiger partial charge on any atom is 0.573 e. The highest BCUT2D eigenvalue weighted by Gasteiger charge is 2.30. The van der Waals surface area contributed by atoms with E-state index in [0.717, 1.165) is 18.4 Å². The van der Waals surface area contributed by atoms with E-state index >= 15 is 0 Å². The second kappa shape index (κ2) is 7.14. The van der Waals surface area contributed by atoms with E-state index in [4.69, 9.17) is 4.74 Å². The van der Waals surface area contributed by atoms with Gasteiger partial charge in [0.25, 0.3) is 0 Å². The van der Waals surface area contributed by atoms with Crippen molar-refractivity contribution in [3.63, 3.8) is 0 Å². The summed E-state index contributed by atoms with van der Waals surface area (Å²) < 4.78 is 67.9. The van der Waals surface area contributed by atoms with Crippen LogP contribution in [0.2, 0.25) is 0 Å². The monoisotopic (exact) mass is 374 g/mol. The molecule has 2 rings (SSSR count). The van der Waals surface area contributed by atoms with Gasteiger partial charge in [0.15, 0.2) is 9.84 Å². The number of halogens is 3. The molecule has 134 valence electrons. The van der Waals surface area contributed by atoms with Crippen LogP contribution in [0, 0.1) is 0 Å². The topological polar surface area (TPSA) is 69.7 Å². The Labute approximate surface area is 141 Å². The van der Waals surface area contributed by atoms with Crippen LogP contribution >= 0.6 is 0 Å². The van der Waals surface area contributed by atoms with Crippen molar-refractivity contribution >= 4 is 15.8 Å². The standard InChI is InChI=1S/C16H13F3O5S/c1-25(21,22)14-4-2-3-12(9-14)15(20)23-10-11-5-7-13(8-6-11)24-16(17,18)19/h2-9H,10H2,1H3. The maximum absolute atomic E-state index is 12.1. The summed E-state index contributed by atoms with van der Waals surface area (Å²) in [6.45, 7) is -0.186. The fraction of sp³-hybridized carbons (Fsp3) is 0.188. The van der Waals surface area contributed by atoms with E-state index in [1.54, 1.807) is 0 Å². The lowest BCUT2D eigenvalue weighted by atomic mass is 10.2. The summed E-state index contributed by atoms with van der Waals surface area (Å²) in [4.78, 5) is 11.9. The number of carbonyl (C=O) groups is 1. The molecule has 0 bridgehead atoms. The number of ether oxygens (including phenoxy) is 2. The van der Waals surface area contributed by atoms with Crippen LogP contribution in [0.5, 0.6) is 5.75 Å². The maximum atomic E-state index is 12.1. The summed E-state index contributed by atoms with van der Waals surface area (Å²) in [7, 11) is -3.46. The predicted molar refractivity (Wildman–Crippen MR) is 81.8 cm³/mol. The summed E-state index contributed by atoms with van der Waals surface area (Å²) in [6.07, 6.45) is -3.76.